The summed E-state index contributed by atoms with van der Waals surface area (Å²) < 4.78 is 36.8. The van der Waals surface area contributed by atoms with Gasteiger partial charge in [-0.05, 0) is 13.8 Å². The van der Waals surface area contributed by atoms with Crippen LogP contribution in [0.1, 0.15) is 33.0 Å². The molecule has 0 amide bonds. The molecule has 0 saturated heterocycles. The van der Waals surface area contributed by atoms with Crippen LogP contribution in [-0.4, -0.2) is 28.7 Å². The summed E-state index contributed by atoms with van der Waals surface area (Å²) in [6, 6.07) is 0.893. The third kappa shape index (κ3) is 5.76. The maximum atomic E-state index is 12.3. The predicted octanol–water partition coefficient (Wildman–Crippen LogP) is 3.22. The third-order valence-corrected chi connectivity index (χ3v) is 2.38. The summed E-state index contributed by atoms with van der Waals surface area (Å²) in [5, 5.41) is 5.79. The Bertz CT molecular complexity index is 406. The molecule has 0 aliphatic rings. The van der Waals surface area contributed by atoms with Gasteiger partial charge in [0.15, 0.2) is 0 Å². The van der Waals surface area contributed by atoms with Crippen LogP contribution in [0.4, 0.5) is 24.8 Å². The first-order valence-electron chi connectivity index (χ1n) is 6.29. The SMILES string of the molecule is CCNc1cc(NC(C)CC(F)(F)F)nc(CC)n1. The van der Waals surface area contributed by atoms with Crippen molar-refractivity contribution in [2.75, 3.05) is 17.2 Å². The highest BCUT2D eigenvalue weighted by molar-refractivity contribution is 5.48. The summed E-state index contributed by atoms with van der Waals surface area (Å²) in [4.78, 5) is 8.41. The number of rotatable bonds is 6. The molecular formula is C12H19F3N4. The van der Waals surface area contributed by atoms with Crippen molar-refractivity contribution in [2.45, 2.75) is 45.8 Å². The first-order chi connectivity index (χ1) is 8.84. The van der Waals surface area contributed by atoms with Crippen molar-refractivity contribution >= 4 is 11.6 Å². The van der Waals surface area contributed by atoms with Crippen LogP contribution in [0.5, 0.6) is 0 Å². The van der Waals surface area contributed by atoms with Crippen molar-refractivity contribution in [2.24, 2.45) is 0 Å². The number of nitrogens with zero attached hydrogens (tertiary/aromatic N) is 2. The van der Waals surface area contributed by atoms with Gasteiger partial charge in [0.2, 0.25) is 0 Å². The van der Waals surface area contributed by atoms with Gasteiger partial charge in [0.25, 0.3) is 0 Å². The second kappa shape index (κ2) is 6.58. The van der Waals surface area contributed by atoms with Gasteiger partial charge in [0.1, 0.15) is 17.5 Å². The number of hydrogen-bond donors (Lipinski definition) is 2. The lowest BCUT2D eigenvalue weighted by Crippen LogP contribution is -2.24. The quantitative estimate of drug-likeness (QED) is 0.837. The average Bonchev–Trinajstić information content (AvgIpc) is 2.26. The van der Waals surface area contributed by atoms with Gasteiger partial charge in [-0.3, -0.25) is 0 Å². The second-order valence-corrected chi connectivity index (χ2v) is 4.30. The fourth-order valence-electron chi connectivity index (χ4n) is 1.65. The zero-order chi connectivity index (χ0) is 14.5. The summed E-state index contributed by atoms with van der Waals surface area (Å²) >= 11 is 0. The van der Waals surface area contributed by atoms with Crippen LogP contribution < -0.4 is 10.6 Å². The van der Waals surface area contributed by atoms with Crippen LogP contribution >= 0.6 is 0 Å². The Morgan fingerprint density at radius 3 is 2.37 bits per heavy atom. The first kappa shape index (κ1) is 15.5. The molecule has 1 heterocycles. The number of nitrogens with one attached hydrogen (secondary N) is 2. The van der Waals surface area contributed by atoms with Crippen LogP contribution in [0.3, 0.4) is 0 Å². The summed E-state index contributed by atoms with van der Waals surface area (Å²) in [6.45, 7) is 5.99. The molecule has 0 aliphatic carbocycles. The molecule has 0 aromatic carbocycles. The molecule has 108 valence electrons. The second-order valence-electron chi connectivity index (χ2n) is 4.30. The molecule has 1 aromatic rings. The summed E-state index contributed by atoms with van der Waals surface area (Å²) in [5.41, 5.74) is 0. The molecule has 4 nitrogen and oxygen atoms in total. The fraction of sp³-hybridized carbons (Fsp3) is 0.667. The molecule has 0 saturated carbocycles. The fourth-order valence-corrected chi connectivity index (χ4v) is 1.65. The van der Waals surface area contributed by atoms with Crippen molar-refractivity contribution in [3.63, 3.8) is 0 Å². The topological polar surface area (TPSA) is 49.8 Å². The normalized spacial score (nSPS) is 13.2. The lowest BCUT2D eigenvalue weighted by Gasteiger charge is -2.17. The van der Waals surface area contributed by atoms with Gasteiger partial charge in [0.05, 0.1) is 6.42 Å². The van der Waals surface area contributed by atoms with Crippen LogP contribution in [0.25, 0.3) is 0 Å². The minimum Gasteiger partial charge on any atom is -0.370 e. The van der Waals surface area contributed by atoms with E-state index in [1.54, 1.807) is 6.07 Å². The van der Waals surface area contributed by atoms with E-state index in [2.05, 4.69) is 20.6 Å². The van der Waals surface area contributed by atoms with E-state index >= 15 is 0 Å². The van der Waals surface area contributed by atoms with Gasteiger partial charge < -0.3 is 10.6 Å². The number of halogens is 3. The summed E-state index contributed by atoms with van der Waals surface area (Å²) in [7, 11) is 0. The zero-order valence-corrected chi connectivity index (χ0v) is 11.3. The molecule has 7 heteroatoms. The van der Waals surface area contributed by atoms with Crippen molar-refractivity contribution in [1.82, 2.24) is 9.97 Å². The Balaban J connectivity index is 2.79. The highest BCUT2D eigenvalue weighted by Gasteiger charge is 2.30. The number of hydrogen-bond acceptors (Lipinski definition) is 4. The largest absolute Gasteiger partial charge is 0.391 e. The molecule has 1 unspecified atom stereocenters. The lowest BCUT2D eigenvalue weighted by molar-refractivity contribution is -0.136. The molecule has 1 aromatic heterocycles. The van der Waals surface area contributed by atoms with Gasteiger partial charge in [-0.15, -0.1) is 0 Å². The number of aromatic nitrogens is 2. The minimum absolute atomic E-state index is 0.416. The van der Waals surface area contributed by atoms with Crippen molar-refractivity contribution in [1.29, 1.82) is 0 Å². The molecule has 0 radical (unpaired) electrons. The maximum absolute atomic E-state index is 12.3. The number of aryl methyl sites for hydroxylation is 1. The Labute approximate surface area is 110 Å². The predicted molar refractivity (Wildman–Crippen MR) is 69.3 cm³/mol. The van der Waals surface area contributed by atoms with E-state index in [4.69, 9.17) is 0 Å². The highest BCUT2D eigenvalue weighted by Crippen LogP contribution is 2.23. The number of anilines is 2. The van der Waals surface area contributed by atoms with Gasteiger partial charge in [-0.1, -0.05) is 6.92 Å². The van der Waals surface area contributed by atoms with E-state index < -0.39 is 18.6 Å². The third-order valence-electron chi connectivity index (χ3n) is 2.38. The highest BCUT2D eigenvalue weighted by atomic mass is 19.4. The van der Waals surface area contributed by atoms with Gasteiger partial charge in [-0.25, -0.2) is 9.97 Å². The summed E-state index contributed by atoms with van der Waals surface area (Å²) in [6.07, 6.45) is -4.45. The first-order valence-corrected chi connectivity index (χ1v) is 6.29. The van der Waals surface area contributed by atoms with Crippen molar-refractivity contribution in [3.8, 4) is 0 Å². The van der Waals surface area contributed by atoms with Crippen molar-refractivity contribution in [3.05, 3.63) is 11.9 Å². The van der Waals surface area contributed by atoms with Crippen LogP contribution in [0.15, 0.2) is 6.07 Å². The monoisotopic (exact) mass is 276 g/mol. The molecule has 0 fully saturated rings. The van der Waals surface area contributed by atoms with Crippen LogP contribution in [0.2, 0.25) is 0 Å². The molecule has 1 atom stereocenters. The lowest BCUT2D eigenvalue weighted by atomic mass is 10.2. The van der Waals surface area contributed by atoms with Crippen molar-refractivity contribution < 1.29 is 13.2 Å². The van der Waals surface area contributed by atoms with Gasteiger partial charge in [0, 0.05) is 25.1 Å². The molecule has 19 heavy (non-hydrogen) atoms. The standard InChI is InChI=1S/C12H19F3N4/c1-4-9-18-10(16-5-2)6-11(19-9)17-8(3)7-12(13,14)15/h6,8H,4-5,7H2,1-3H3,(H2,16,17,18,19). The van der Waals surface area contributed by atoms with Crippen LogP contribution in [-0.2, 0) is 6.42 Å². The van der Waals surface area contributed by atoms with Crippen LogP contribution in [0, 0.1) is 0 Å². The smallest absolute Gasteiger partial charge is 0.370 e. The molecular weight excluding hydrogens is 257 g/mol. The molecule has 1 rings (SSSR count). The molecule has 2 N–H and O–H groups in total. The van der Waals surface area contributed by atoms with E-state index in [-0.39, 0.29) is 0 Å². The molecule has 0 aliphatic heterocycles. The van der Waals surface area contributed by atoms with E-state index in [1.807, 2.05) is 13.8 Å². The Kier molecular flexibility index (Phi) is 5.38. The average molecular weight is 276 g/mol. The Morgan fingerprint density at radius 1 is 1.21 bits per heavy atom. The summed E-state index contributed by atoms with van der Waals surface area (Å²) in [5.74, 6) is 1.63. The Hall–Kier alpha value is -1.53. The van der Waals surface area contributed by atoms with E-state index in [9.17, 15) is 13.2 Å². The molecule has 0 bridgehead atoms. The van der Waals surface area contributed by atoms with E-state index in [0.29, 0.717) is 30.4 Å². The number of alkyl halides is 3. The Morgan fingerprint density at radius 2 is 1.84 bits per heavy atom. The van der Waals surface area contributed by atoms with E-state index in [1.165, 1.54) is 6.92 Å². The minimum atomic E-state index is -4.18. The molecule has 0 spiro atoms. The van der Waals surface area contributed by atoms with E-state index in [0.717, 1.165) is 0 Å². The van der Waals surface area contributed by atoms with Gasteiger partial charge in [-0.2, -0.15) is 13.2 Å². The maximum Gasteiger partial charge on any atom is 0.391 e. The van der Waals surface area contributed by atoms with Gasteiger partial charge >= 0.3 is 6.18 Å². The zero-order valence-electron chi connectivity index (χ0n) is 11.3.